The first-order valence-electron chi connectivity index (χ1n) is 19.1. The highest BCUT2D eigenvalue weighted by Crippen LogP contribution is 2.42. The molecule has 2 atom stereocenters. The Morgan fingerprint density at radius 2 is 0.712 bits per heavy atom. The average molecular weight is 685 g/mol. The van der Waals surface area contributed by atoms with Crippen LogP contribution < -0.4 is 9.80 Å². The summed E-state index contributed by atoms with van der Waals surface area (Å²) in [6, 6.07) is 45.8. The quantitative estimate of drug-likeness (QED) is 0.134. The number of hydrogen-bond acceptors (Lipinski definition) is 2. The van der Waals surface area contributed by atoms with Crippen molar-refractivity contribution in [1.82, 2.24) is 0 Å². The molecule has 6 aromatic carbocycles. The lowest BCUT2D eigenvalue weighted by atomic mass is 9.96. The van der Waals surface area contributed by atoms with E-state index < -0.39 is 0 Å². The first kappa shape index (κ1) is 36.7. The molecule has 0 aliphatic carbocycles. The van der Waals surface area contributed by atoms with Crippen LogP contribution in [0.25, 0.3) is 11.1 Å². The molecule has 2 nitrogen and oxygen atoms in total. The SMILES string of the molecule is CCC(C)c1ccc(N(c2ccc(C)c(C)c2)c2ccc(-c3ccc(N(c4ccc(C(C)CC)cc4)c4ccc(C)c(C)c4)c(C)c3)cc2C)cc1. The van der Waals surface area contributed by atoms with Gasteiger partial charge < -0.3 is 9.80 Å². The molecule has 2 unspecified atom stereocenters. The van der Waals surface area contributed by atoms with Gasteiger partial charge in [0, 0.05) is 34.1 Å². The van der Waals surface area contributed by atoms with E-state index in [1.54, 1.807) is 0 Å². The molecule has 0 N–H and O–H groups in total. The van der Waals surface area contributed by atoms with Crippen LogP contribution in [0.3, 0.4) is 0 Å². The second-order valence-electron chi connectivity index (χ2n) is 15.0. The van der Waals surface area contributed by atoms with E-state index in [2.05, 4.69) is 200 Å². The predicted octanol–water partition coefficient (Wildman–Crippen LogP) is 15.2. The van der Waals surface area contributed by atoms with Crippen LogP contribution in [0.4, 0.5) is 34.1 Å². The molecule has 0 aliphatic heterocycles. The predicted molar refractivity (Wildman–Crippen MR) is 227 cm³/mol. The van der Waals surface area contributed by atoms with Gasteiger partial charge in [0.05, 0.1) is 0 Å². The minimum atomic E-state index is 0.545. The van der Waals surface area contributed by atoms with E-state index in [9.17, 15) is 0 Å². The molecule has 0 bridgehead atoms. The maximum absolute atomic E-state index is 2.41. The molecule has 0 aliphatic rings. The third kappa shape index (κ3) is 7.58. The van der Waals surface area contributed by atoms with Crippen molar-refractivity contribution in [2.24, 2.45) is 0 Å². The largest absolute Gasteiger partial charge is 0.310 e. The second kappa shape index (κ2) is 15.7. The maximum atomic E-state index is 2.41. The number of nitrogens with zero attached hydrogens (tertiary/aromatic N) is 2. The molecular formula is C50H56N2. The van der Waals surface area contributed by atoms with Crippen molar-refractivity contribution in [2.45, 2.75) is 93.9 Å². The zero-order valence-electron chi connectivity index (χ0n) is 33.0. The Bertz CT molecular complexity index is 2000. The summed E-state index contributed by atoms with van der Waals surface area (Å²) in [7, 11) is 0. The number of hydrogen-bond donors (Lipinski definition) is 0. The summed E-state index contributed by atoms with van der Waals surface area (Å²) in [5.41, 5.74) is 20.0. The first-order chi connectivity index (χ1) is 25.0. The Morgan fingerprint density at radius 1 is 0.365 bits per heavy atom. The Balaban J connectivity index is 1.38. The van der Waals surface area contributed by atoms with Crippen LogP contribution in [0.2, 0.25) is 0 Å². The van der Waals surface area contributed by atoms with Gasteiger partial charge in [-0.2, -0.15) is 0 Å². The lowest BCUT2D eigenvalue weighted by molar-refractivity contribution is 0.733. The van der Waals surface area contributed by atoms with Crippen LogP contribution in [-0.4, -0.2) is 0 Å². The van der Waals surface area contributed by atoms with Gasteiger partial charge in [-0.05, 0) is 195 Å². The van der Waals surface area contributed by atoms with Crippen molar-refractivity contribution in [3.63, 3.8) is 0 Å². The molecule has 0 aromatic heterocycles. The number of rotatable bonds is 11. The molecule has 0 saturated heterocycles. The average Bonchev–Trinajstić information content (AvgIpc) is 3.15. The van der Waals surface area contributed by atoms with E-state index in [1.807, 2.05) is 0 Å². The molecule has 6 aromatic rings. The molecule has 52 heavy (non-hydrogen) atoms. The van der Waals surface area contributed by atoms with E-state index in [1.165, 1.54) is 89.8 Å². The van der Waals surface area contributed by atoms with Gasteiger partial charge in [0.25, 0.3) is 0 Å². The summed E-state index contributed by atoms with van der Waals surface area (Å²) < 4.78 is 0. The molecule has 2 heteroatoms. The Morgan fingerprint density at radius 3 is 1.02 bits per heavy atom. The van der Waals surface area contributed by atoms with Gasteiger partial charge in [-0.15, -0.1) is 0 Å². The lowest BCUT2D eigenvalue weighted by Crippen LogP contribution is -2.12. The summed E-state index contributed by atoms with van der Waals surface area (Å²) in [6.07, 6.45) is 2.27. The zero-order valence-corrected chi connectivity index (χ0v) is 33.0. The number of anilines is 6. The highest BCUT2D eigenvalue weighted by molar-refractivity contribution is 5.83. The van der Waals surface area contributed by atoms with Gasteiger partial charge in [-0.25, -0.2) is 0 Å². The molecule has 0 radical (unpaired) electrons. The van der Waals surface area contributed by atoms with E-state index in [-0.39, 0.29) is 0 Å². The van der Waals surface area contributed by atoms with Gasteiger partial charge >= 0.3 is 0 Å². The maximum Gasteiger partial charge on any atom is 0.0491 e. The molecular weight excluding hydrogens is 629 g/mol. The molecule has 266 valence electrons. The first-order valence-corrected chi connectivity index (χ1v) is 19.1. The van der Waals surface area contributed by atoms with Crippen molar-refractivity contribution < 1.29 is 0 Å². The molecule has 0 amide bonds. The third-order valence-electron chi connectivity index (χ3n) is 11.4. The van der Waals surface area contributed by atoms with Crippen molar-refractivity contribution in [1.29, 1.82) is 0 Å². The lowest BCUT2D eigenvalue weighted by Gasteiger charge is -2.29. The van der Waals surface area contributed by atoms with E-state index in [0.29, 0.717) is 11.8 Å². The van der Waals surface area contributed by atoms with Crippen LogP contribution in [0.15, 0.2) is 121 Å². The summed E-state index contributed by atoms with van der Waals surface area (Å²) in [5, 5.41) is 0. The van der Waals surface area contributed by atoms with Crippen molar-refractivity contribution >= 4 is 34.1 Å². The minimum absolute atomic E-state index is 0.545. The van der Waals surface area contributed by atoms with Crippen molar-refractivity contribution in [3.8, 4) is 11.1 Å². The Labute approximate surface area is 313 Å². The van der Waals surface area contributed by atoms with Gasteiger partial charge in [0.2, 0.25) is 0 Å². The molecule has 0 spiro atoms. The Hall–Kier alpha value is -5.08. The summed E-state index contributed by atoms with van der Waals surface area (Å²) in [4.78, 5) is 4.82. The fourth-order valence-corrected chi connectivity index (χ4v) is 7.13. The fourth-order valence-electron chi connectivity index (χ4n) is 7.13. The monoisotopic (exact) mass is 684 g/mol. The van der Waals surface area contributed by atoms with Crippen LogP contribution in [0.5, 0.6) is 0 Å². The van der Waals surface area contributed by atoms with Crippen molar-refractivity contribution in [2.75, 3.05) is 9.80 Å². The summed E-state index contributed by atoms with van der Waals surface area (Å²) >= 11 is 0. The zero-order chi connectivity index (χ0) is 37.1. The standard InChI is InChI=1S/C50H56N2/c1-11-33(3)41-15-23-45(24-16-41)51(47-21-13-35(5)37(7)31-47)49-27-19-43(29-39(49)9)44-20-28-50(40(10)30-44)52(48-22-14-36(6)38(8)32-48)46-25-17-42(18-26-46)34(4)12-2/h13-34H,11-12H2,1-10H3. The number of aryl methyl sites for hydroxylation is 6. The molecule has 0 heterocycles. The van der Waals surface area contributed by atoms with Gasteiger partial charge in [0.1, 0.15) is 0 Å². The summed E-state index contributed by atoms with van der Waals surface area (Å²) in [6.45, 7) is 22.4. The molecule has 0 fully saturated rings. The minimum Gasteiger partial charge on any atom is -0.310 e. The van der Waals surface area contributed by atoms with Crippen LogP contribution >= 0.6 is 0 Å². The fraction of sp³-hybridized carbons (Fsp3) is 0.280. The summed E-state index contributed by atoms with van der Waals surface area (Å²) in [5.74, 6) is 1.09. The molecule has 6 rings (SSSR count). The highest BCUT2D eigenvalue weighted by atomic mass is 15.1. The van der Waals surface area contributed by atoms with Crippen molar-refractivity contribution in [3.05, 3.63) is 166 Å². The smallest absolute Gasteiger partial charge is 0.0491 e. The van der Waals surface area contributed by atoms with Crippen LogP contribution in [0, 0.1) is 41.5 Å². The second-order valence-corrected chi connectivity index (χ2v) is 15.0. The van der Waals surface area contributed by atoms with Crippen LogP contribution in [0.1, 0.15) is 96.9 Å². The number of benzene rings is 6. The van der Waals surface area contributed by atoms with E-state index in [0.717, 1.165) is 12.8 Å². The van der Waals surface area contributed by atoms with Gasteiger partial charge in [0.15, 0.2) is 0 Å². The molecule has 0 saturated carbocycles. The van der Waals surface area contributed by atoms with Gasteiger partial charge in [-0.3, -0.25) is 0 Å². The highest BCUT2D eigenvalue weighted by Gasteiger charge is 2.19. The topological polar surface area (TPSA) is 6.48 Å². The normalized spacial score (nSPS) is 12.4. The Kier molecular flexibility index (Phi) is 11.1. The van der Waals surface area contributed by atoms with E-state index >= 15 is 0 Å². The third-order valence-corrected chi connectivity index (χ3v) is 11.4. The van der Waals surface area contributed by atoms with E-state index in [4.69, 9.17) is 0 Å². The van der Waals surface area contributed by atoms with Gasteiger partial charge in [-0.1, -0.05) is 76.2 Å². The van der Waals surface area contributed by atoms with Crippen LogP contribution in [-0.2, 0) is 0 Å².